The van der Waals surface area contributed by atoms with Crippen molar-refractivity contribution in [3.8, 4) is 0 Å². The maximum atomic E-state index is 9.47. The number of hydrogen-bond donors (Lipinski definition) is 2. The van der Waals surface area contributed by atoms with Gasteiger partial charge in [-0.3, -0.25) is 4.68 Å². The van der Waals surface area contributed by atoms with Gasteiger partial charge < -0.3 is 10.4 Å². The SMILES string of the molecule is CCC(O)CNc1ncnc2c1cnn2C. The molecule has 0 saturated heterocycles. The van der Waals surface area contributed by atoms with Crippen LogP contribution in [0.3, 0.4) is 0 Å². The van der Waals surface area contributed by atoms with Crippen LogP contribution in [0, 0.1) is 0 Å². The van der Waals surface area contributed by atoms with E-state index < -0.39 is 0 Å². The number of nitrogens with one attached hydrogen (secondary N) is 1. The van der Waals surface area contributed by atoms with E-state index in [0.29, 0.717) is 18.8 Å². The lowest BCUT2D eigenvalue weighted by Gasteiger charge is -2.10. The van der Waals surface area contributed by atoms with Crippen LogP contribution in [0.1, 0.15) is 13.3 Å². The molecular formula is C10H15N5O. The van der Waals surface area contributed by atoms with E-state index in [1.165, 1.54) is 6.33 Å². The van der Waals surface area contributed by atoms with Gasteiger partial charge in [-0.1, -0.05) is 6.92 Å². The molecule has 1 atom stereocenters. The summed E-state index contributed by atoms with van der Waals surface area (Å²) in [5.41, 5.74) is 0.781. The summed E-state index contributed by atoms with van der Waals surface area (Å²) in [6.45, 7) is 2.42. The predicted octanol–water partition coefficient (Wildman–Crippen LogP) is 0.546. The Morgan fingerprint density at radius 2 is 2.31 bits per heavy atom. The summed E-state index contributed by atoms with van der Waals surface area (Å²) in [5, 5.41) is 17.6. The number of aliphatic hydroxyl groups is 1. The second kappa shape index (κ2) is 4.44. The minimum Gasteiger partial charge on any atom is -0.391 e. The van der Waals surface area contributed by atoms with Crippen molar-refractivity contribution in [2.24, 2.45) is 7.05 Å². The molecule has 2 N–H and O–H groups in total. The molecule has 6 nitrogen and oxygen atoms in total. The van der Waals surface area contributed by atoms with E-state index in [-0.39, 0.29) is 6.10 Å². The molecule has 2 aromatic rings. The van der Waals surface area contributed by atoms with Gasteiger partial charge in [-0.25, -0.2) is 9.97 Å². The summed E-state index contributed by atoms with van der Waals surface area (Å²) in [6.07, 6.45) is 3.57. The Balaban J connectivity index is 2.24. The molecule has 16 heavy (non-hydrogen) atoms. The minimum absolute atomic E-state index is 0.360. The first-order chi connectivity index (χ1) is 7.72. The largest absolute Gasteiger partial charge is 0.391 e. The average molecular weight is 221 g/mol. The number of anilines is 1. The van der Waals surface area contributed by atoms with E-state index in [2.05, 4.69) is 20.4 Å². The Morgan fingerprint density at radius 3 is 3.06 bits per heavy atom. The van der Waals surface area contributed by atoms with Crippen molar-refractivity contribution in [3.63, 3.8) is 0 Å². The Bertz CT molecular complexity index is 481. The summed E-state index contributed by atoms with van der Waals surface area (Å²) in [6, 6.07) is 0. The Labute approximate surface area is 93.3 Å². The lowest BCUT2D eigenvalue weighted by atomic mass is 10.3. The fraction of sp³-hybridized carbons (Fsp3) is 0.500. The van der Waals surface area contributed by atoms with E-state index in [1.54, 1.807) is 10.9 Å². The van der Waals surface area contributed by atoms with Gasteiger partial charge in [0.15, 0.2) is 5.65 Å². The number of rotatable bonds is 4. The molecule has 0 aliphatic carbocycles. The summed E-state index contributed by atoms with van der Waals surface area (Å²) in [4.78, 5) is 8.28. The van der Waals surface area contributed by atoms with Gasteiger partial charge in [-0.05, 0) is 6.42 Å². The first-order valence-corrected chi connectivity index (χ1v) is 5.27. The van der Waals surface area contributed by atoms with Crippen LogP contribution in [0.4, 0.5) is 5.82 Å². The van der Waals surface area contributed by atoms with E-state index in [0.717, 1.165) is 11.0 Å². The predicted molar refractivity (Wildman–Crippen MR) is 61.1 cm³/mol. The van der Waals surface area contributed by atoms with Gasteiger partial charge in [0, 0.05) is 13.6 Å². The lowest BCUT2D eigenvalue weighted by molar-refractivity contribution is 0.183. The van der Waals surface area contributed by atoms with Gasteiger partial charge in [0.05, 0.1) is 17.7 Å². The first kappa shape index (κ1) is 10.8. The van der Waals surface area contributed by atoms with E-state index in [4.69, 9.17) is 0 Å². The molecular weight excluding hydrogens is 206 g/mol. The number of hydrogen-bond acceptors (Lipinski definition) is 5. The quantitative estimate of drug-likeness (QED) is 0.788. The van der Waals surface area contributed by atoms with Crippen molar-refractivity contribution in [1.29, 1.82) is 0 Å². The van der Waals surface area contributed by atoms with Crippen molar-refractivity contribution < 1.29 is 5.11 Å². The zero-order valence-electron chi connectivity index (χ0n) is 9.38. The summed E-state index contributed by atoms with van der Waals surface area (Å²) < 4.78 is 1.69. The van der Waals surface area contributed by atoms with Crippen molar-refractivity contribution in [1.82, 2.24) is 19.7 Å². The Kier molecular flexibility index (Phi) is 3.00. The fourth-order valence-electron chi connectivity index (χ4n) is 1.46. The van der Waals surface area contributed by atoms with Crippen LogP contribution in [0.2, 0.25) is 0 Å². The molecule has 0 aliphatic rings. The topological polar surface area (TPSA) is 75.9 Å². The molecule has 2 rings (SSSR count). The Morgan fingerprint density at radius 1 is 1.50 bits per heavy atom. The number of fused-ring (bicyclic) bond motifs is 1. The number of aryl methyl sites for hydroxylation is 1. The molecule has 0 aromatic carbocycles. The molecule has 0 aliphatic heterocycles. The van der Waals surface area contributed by atoms with Crippen LogP contribution in [-0.2, 0) is 7.05 Å². The van der Waals surface area contributed by atoms with Crippen molar-refractivity contribution in [2.45, 2.75) is 19.4 Å². The van der Waals surface area contributed by atoms with Gasteiger partial charge in [0.1, 0.15) is 12.1 Å². The van der Waals surface area contributed by atoms with Crippen molar-refractivity contribution in [3.05, 3.63) is 12.5 Å². The van der Waals surface area contributed by atoms with Crippen LogP contribution in [0.15, 0.2) is 12.5 Å². The molecule has 1 unspecified atom stereocenters. The normalized spacial score (nSPS) is 12.9. The van der Waals surface area contributed by atoms with Gasteiger partial charge in [0.25, 0.3) is 0 Å². The molecule has 0 amide bonds. The van der Waals surface area contributed by atoms with E-state index in [9.17, 15) is 5.11 Å². The molecule has 6 heteroatoms. The Hall–Kier alpha value is -1.69. The van der Waals surface area contributed by atoms with Crippen LogP contribution in [-0.4, -0.2) is 37.5 Å². The molecule has 0 spiro atoms. The monoisotopic (exact) mass is 221 g/mol. The second-order valence-electron chi connectivity index (χ2n) is 3.67. The summed E-state index contributed by atoms with van der Waals surface area (Å²) in [5.74, 6) is 0.714. The van der Waals surface area contributed by atoms with Gasteiger partial charge >= 0.3 is 0 Å². The molecule has 0 bridgehead atoms. The standard InChI is InChI=1S/C10H15N5O/c1-3-7(16)4-11-9-8-5-14-15(2)10(8)13-6-12-9/h5-7,16H,3-4H2,1-2H3,(H,11,12,13). The molecule has 2 aromatic heterocycles. The highest BCUT2D eigenvalue weighted by atomic mass is 16.3. The third kappa shape index (κ3) is 1.96. The van der Waals surface area contributed by atoms with E-state index in [1.807, 2.05) is 14.0 Å². The smallest absolute Gasteiger partial charge is 0.163 e. The van der Waals surface area contributed by atoms with Crippen molar-refractivity contribution in [2.75, 3.05) is 11.9 Å². The minimum atomic E-state index is -0.360. The van der Waals surface area contributed by atoms with Gasteiger partial charge in [0.2, 0.25) is 0 Å². The lowest BCUT2D eigenvalue weighted by Crippen LogP contribution is -2.18. The maximum absolute atomic E-state index is 9.47. The third-order valence-corrected chi connectivity index (χ3v) is 2.51. The summed E-state index contributed by atoms with van der Waals surface area (Å²) >= 11 is 0. The molecule has 0 saturated carbocycles. The highest BCUT2D eigenvalue weighted by Gasteiger charge is 2.08. The zero-order chi connectivity index (χ0) is 11.5. The highest BCUT2D eigenvalue weighted by molar-refractivity contribution is 5.85. The highest BCUT2D eigenvalue weighted by Crippen LogP contribution is 2.17. The van der Waals surface area contributed by atoms with Crippen LogP contribution in [0.25, 0.3) is 11.0 Å². The number of aliphatic hydroxyl groups excluding tert-OH is 1. The first-order valence-electron chi connectivity index (χ1n) is 5.27. The molecule has 0 fully saturated rings. The summed E-state index contributed by atoms with van der Waals surface area (Å²) in [7, 11) is 1.83. The maximum Gasteiger partial charge on any atom is 0.163 e. The van der Waals surface area contributed by atoms with Gasteiger partial charge in [-0.2, -0.15) is 5.10 Å². The third-order valence-electron chi connectivity index (χ3n) is 2.51. The average Bonchev–Trinajstić information content (AvgIpc) is 2.69. The fourth-order valence-corrected chi connectivity index (χ4v) is 1.46. The van der Waals surface area contributed by atoms with E-state index >= 15 is 0 Å². The zero-order valence-corrected chi connectivity index (χ0v) is 9.38. The molecule has 0 radical (unpaired) electrons. The van der Waals surface area contributed by atoms with Crippen LogP contribution < -0.4 is 5.32 Å². The number of aromatic nitrogens is 4. The van der Waals surface area contributed by atoms with Gasteiger partial charge in [-0.15, -0.1) is 0 Å². The molecule has 86 valence electrons. The van der Waals surface area contributed by atoms with Crippen LogP contribution >= 0.6 is 0 Å². The number of nitrogens with zero attached hydrogens (tertiary/aromatic N) is 4. The van der Waals surface area contributed by atoms with Crippen LogP contribution in [0.5, 0.6) is 0 Å². The molecule has 2 heterocycles. The second-order valence-corrected chi connectivity index (χ2v) is 3.67. The van der Waals surface area contributed by atoms with Crippen molar-refractivity contribution >= 4 is 16.9 Å².